The molecule has 1 saturated heterocycles. The summed E-state index contributed by atoms with van der Waals surface area (Å²) in [6.07, 6.45) is 4.90. The number of hydrogen-bond donors (Lipinski definition) is 2. The molecule has 1 fully saturated rings. The maximum Gasteiger partial charge on any atom is 0.142 e. The van der Waals surface area contributed by atoms with E-state index >= 15 is 0 Å². The first-order valence-electron chi connectivity index (χ1n) is 6.13. The molecule has 3 rings (SSSR count). The Balaban J connectivity index is 1.88. The van der Waals surface area contributed by atoms with Crippen molar-refractivity contribution >= 4 is 21.7 Å². The van der Waals surface area contributed by atoms with Crippen molar-refractivity contribution in [3.8, 4) is 0 Å². The molecule has 2 aromatic rings. The van der Waals surface area contributed by atoms with Crippen LogP contribution >= 0.6 is 15.9 Å². The molecule has 3 heterocycles. The van der Waals surface area contributed by atoms with Crippen LogP contribution in [0.5, 0.6) is 0 Å². The van der Waals surface area contributed by atoms with Crippen LogP contribution in [0.1, 0.15) is 18.5 Å². The van der Waals surface area contributed by atoms with Crippen LogP contribution in [0.2, 0.25) is 0 Å². The monoisotopic (exact) mass is 323 g/mol. The number of anilines is 1. The summed E-state index contributed by atoms with van der Waals surface area (Å²) in [7, 11) is 0. The van der Waals surface area contributed by atoms with Crippen LogP contribution in [0.15, 0.2) is 29.0 Å². The minimum absolute atomic E-state index is 0.467. The van der Waals surface area contributed by atoms with Crippen molar-refractivity contribution < 1.29 is 5.11 Å². The van der Waals surface area contributed by atoms with Gasteiger partial charge in [0.25, 0.3) is 0 Å². The topological polar surface area (TPSA) is 77.9 Å². The molecule has 0 radical (unpaired) electrons. The lowest BCUT2D eigenvalue weighted by molar-refractivity contribution is 0.0174. The van der Waals surface area contributed by atoms with Crippen molar-refractivity contribution in [3.05, 3.63) is 34.7 Å². The van der Waals surface area contributed by atoms with E-state index in [2.05, 4.69) is 41.2 Å². The minimum Gasteiger partial charge on any atom is -0.382 e. The van der Waals surface area contributed by atoms with Crippen LogP contribution in [-0.2, 0) is 5.60 Å². The molecular weight excluding hydrogens is 310 g/mol. The Morgan fingerprint density at radius 1 is 1.47 bits per heavy atom. The number of aromatic nitrogens is 4. The van der Waals surface area contributed by atoms with Gasteiger partial charge < -0.3 is 10.0 Å². The average molecular weight is 324 g/mol. The predicted molar refractivity (Wildman–Crippen MR) is 73.7 cm³/mol. The quantitative estimate of drug-likeness (QED) is 0.874. The van der Waals surface area contributed by atoms with Crippen LogP contribution in [0.3, 0.4) is 0 Å². The molecule has 0 aliphatic carbocycles. The van der Waals surface area contributed by atoms with Gasteiger partial charge in [-0.3, -0.25) is 0 Å². The fourth-order valence-electron chi connectivity index (χ4n) is 2.46. The van der Waals surface area contributed by atoms with Gasteiger partial charge in [0.1, 0.15) is 17.1 Å². The van der Waals surface area contributed by atoms with Gasteiger partial charge in [-0.1, -0.05) is 0 Å². The Labute approximate surface area is 119 Å². The molecule has 100 valence electrons. The second kappa shape index (κ2) is 4.90. The van der Waals surface area contributed by atoms with E-state index in [-0.39, 0.29) is 0 Å². The molecule has 0 aromatic carbocycles. The van der Waals surface area contributed by atoms with Crippen molar-refractivity contribution in [3.63, 3.8) is 0 Å². The molecule has 6 nitrogen and oxygen atoms in total. The van der Waals surface area contributed by atoms with Crippen LogP contribution in [-0.4, -0.2) is 38.6 Å². The van der Waals surface area contributed by atoms with Gasteiger partial charge in [0.15, 0.2) is 0 Å². The first kappa shape index (κ1) is 12.6. The third-order valence-electron chi connectivity index (χ3n) is 3.40. The number of hydrogen-bond acceptors (Lipinski definition) is 5. The second-order valence-electron chi connectivity index (χ2n) is 4.72. The van der Waals surface area contributed by atoms with Crippen molar-refractivity contribution in [1.82, 2.24) is 20.4 Å². The molecular formula is C12H14BrN5O. The zero-order valence-corrected chi connectivity index (χ0v) is 11.8. The number of pyridine rings is 1. The Hall–Kier alpha value is -1.47. The third-order valence-corrected chi connectivity index (χ3v) is 4.02. The molecule has 1 aliphatic rings. The summed E-state index contributed by atoms with van der Waals surface area (Å²) >= 11 is 3.50. The van der Waals surface area contributed by atoms with Crippen LogP contribution in [0, 0.1) is 0 Å². The summed E-state index contributed by atoms with van der Waals surface area (Å²) in [6.45, 7) is 1.34. The second-order valence-corrected chi connectivity index (χ2v) is 5.58. The van der Waals surface area contributed by atoms with E-state index in [0.29, 0.717) is 18.7 Å². The molecule has 1 aliphatic heterocycles. The van der Waals surface area contributed by atoms with E-state index < -0.39 is 5.60 Å². The van der Waals surface area contributed by atoms with Crippen LogP contribution < -0.4 is 4.90 Å². The van der Waals surface area contributed by atoms with Gasteiger partial charge in [0.2, 0.25) is 0 Å². The number of β-amino-alcohol motifs (C(OH)–C–C–N with tert-alkyl or cyclic N) is 1. The fraction of sp³-hybridized carbons (Fsp3) is 0.417. The Kier molecular flexibility index (Phi) is 3.24. The Morgan fingerprint density at radius 2 is 2.37 bits per heavy atom. The van der Waals surface area contributed by atoms with Crippen LogP contribution in [0.4, 0.5) is 5.82 Å². The highest BCUT2D eigenvalue weighted by molar-refractivity contribution is 9.10. The first-order chi connectivity index (χ1) is 9.19. The summed E-state index contributed by atoms with van der Waals surface area (Å²) in [6, 6.07) is 3.83. The zero-order chi connectivity index (χ0) is 13.3. The summed E-state index contributed by atoms with van der Waals surface area (Å²) in [5.41, 5.74) is -0.383. The van der Waals surface area contributed by atoms with Crippen molar-refractivity contribution in [2.45, 2.75) is 18.4 Å². The number of rotatable bonds is 2. The van der Waals surface area contributed by atoms with Gasteiger partial charge in [-0.15, -0.1) is 0 Å². The van der Waals surface area contributed by atoms with E-state index in [1.54, 1.807) is 12.4 Å². The van der Waals surface area contributed by atoms with Gasteiger partial charge in [-0.25, -0.2) is 4.98 Å². The average Bonchev–Trinajstić information content (AvgIpc) is 2.94. The van der Waals surface area contributed by atoms with Gasteiger partial charge in [0, 0.05) is 12.7 Å². The Morgan fingerprint density at radius 3 is 3.11 bits per heavy atom. The summed E-state index contributed by atoms with van der Waals surface area (Å²) in [5, 5.41) is 21.1. The van der Waals surface area contributed by atoms with E-state index in [9.17, 15) is 5.11 Å². The lowest BCUT2D eigenvalue weighted by atomic mass is 9.90. The number of halogens is 1. The molecule has 0 amide bonds. The Bertz CT molecular complexity index is 561. The first-order valence-corrected chi connectivity index (χ1v) is 6.92. The summed E-state index contributed by atoms with van der Waals surface area (Å²) in [4.78, 5) is 6.44. The smallest absolute Gasteiger partial charge is 0.142 e. The fourth-order valence-corrected chi connectivity index (χ4v) is 2.97. The molecule has 0 spiro atoms. The summed E-state index contributed by atoms with van der Waals surface area (Å²) < 4.78 is 0.930. The van der Waals surface area contributed by atoms with Gasteiger partial charge >= 0.3 is 0 Å². The number of aliphatic hydroxyl groups is 1. The van der Waals surface area contributed by atoms with Crippen molar-refractivity contribution in [2.24, 2.45) is 0 Å². The molecule has 1 unspecified atom stereocenters. The largest absolute Gasteiger partial charge is 0.382 e. The van der Waals surface area contributed by atoms with E-state index in [0.717, 1.165) is 23.3 Å². The molecule has 7 heteroatoms. The molecule has 0 bridgehead atoms. The molecule has 19 heavy (non-hydrogen) atoms. The SMILES string of the molecule is OC1(c2cn[nH]n2)CCCN(c2ncccc2Br)C1. The lowest BCUT2D eigenvalue weighted by Crippen LogP contribution is -2.46. The zero-order valence-electron chi connectivity index (χ0n) is 10.3. The normalized spacial score (nSPS) is 23.6. The lowest BCUT2D eigenvalue weighted by Gasteiger charge is -2.38. The summed E-state index contributed by atoms with van der Waals surface area (Å²) in [5.74, 6) is 0.851. The van der Waals surface area contributed by atoms with E-state index in [4.69, 9.17) is 0 Å². The minimum atomic E-state index is -0.970. The molecule has 1 atom stereocenters. The predicted octanol–water partition coefficient (Wildman–Crippen LogP) is 1.45. The van der Waals surface area contributed by atoms with Gasteiger partial charge in [-0.2, -0.15) is 15.4 Å². The highest BCUT2D eigenvalue weighted by atomic mass is 79.9. The standard InChI is InChI=1S/C12H14BrN5O/c13-9-3-1-5-14-11(9)18-6-2-4-12(19,8-18)10-7-15-17-16-10/h1,3,5,7,19H,2,4,6,8H2,(H,15,16,17). The van der Waals surface area contributed by atoms with Gasteiger partial charge in [0.05, 0.1) is 17.2 Å². The molecule has 2 aromatic heterocycles. The van der Waals surface area contributed by atoms with Gasteiger partial charge in [-0.05, 0) is 40.9 Å². The number of nitrogens with one attached hydrogen (secondary N) is 1. The van der Waals surface area contributed by atoms with E-state index in [1.165, 1.54) is 0 Å². The maximum absolute atomic E-state index is 10.7. The third kappa shape index (κ3) is 2.35. The molecule has 2 N–H and O–H groups in total. The maximum atomic E-state index is 10.7. The highest BCUT2D eigenvalue weighted by Crippen LogP contribution is 2.33. The highest BCUT2D eigenvalue weighted by Gasteiger charge is 2.37. The molecule has 0 saturated carbocycles. The number of nitrogens with zero attached hydrogens (tertiary/aromatic N) is 4. The van der Waals surface area contributed by atoms with E-state index in [1.807, 2.05) is 12.1 Å². The van der Waals surface area contributed by atoms with Crippen molar-refractivity contribution in [2.75, 3.05) is 18.0 Å². The number of piperidine rings is 1. The number of H-pyrrole nitrogens is 1. The van der Waals surface area contributed by atoms with Crippen molar-refractivity contribution in [1.29, 1.82) is 0 Å². The number of aromatic amines is 1. The van der Waals surface area contributed by atoms with Crippen LogP contribution in [0.25, 0.3) is 0 Å².